The molecule has 0 unspecified atom stereocenters. The number of nitrogens with zero attached hydrogens (tertiary/aromatic N) is 1. The first kappa shape index (κ1) is 10.7. The lowest BCUT2D eigenvalue weighted by atomic mass is 10.1. The molecule has 4 nitrogen and oxygen atoms in total. The van der Waals surface area contributed by atoms with Crippen LogP contribution in [-0.2, 0) is 9.53 Å². The Kier molecular flexibility index (Phi) is 4.07. The first-order chi connectivity index (χ1) is 6.74. The van der Waals surface area contributed by atoms with E-state index in [1.54, 1.807) is 25.3 Å². The Morgan fingerprint density at radius 1 is 1.64 bits per heavy atom. The molecule has 0 aliphatic heterocycles. The summed E-state index contributed by atoms with van der Waals surface area (Å²) in [5.74, 6) is -0.286. The largest absolute Gasteiger partial charge is 0.466 e. The van der Waals surface area contributed by atoms with E-state index >= 15 is 0 Å². The van der Waals surface area contributed by atoms with Gasteiger partial charge in [0.05, 0.1) is 24.8 Å². The Labute approximate surface area is 83.1 Å². The molecule has 1 atom stereocenters. The number of pyridine rings is 1. The third-order valence-corrected chi connectivity index (χ3v) is 1.76. The molecule has 0 aliphatic carbocycles. The zero-order chi connectivity index (χ0) is 10.4. The second-order valence-electron chi connectivity index (χ2n) is 2.87. The van der Waals surface area contributed by atoms with Crippen molar-refractivity contribution in [1.29, 1.82) is 0 Å². The van der Waals surface area contributed by atoms with Gasteiger partial charge in [-0.1, -0.05) is 6.07 Å². The molecule has 2 N–H and O–H groups in total. The van der Waals surface area contributed by atoms with Crippen LogP contribution in [0.3, 0.4) is 0 Å². The quantitative estimate of drug-likeness (QED) is 0.727. The maximum Gasteiger partial charge on any atom is 0.307 e. The molecule has 4 heteroatoms. The Balaban J connectivity index is 2.50. The van der Waals surface area contributed by atoms with E-state index in [0.717, 1.165) is 0 Å². The standard InChI is InChI=1S/C10H14N2O2/c1-2-14-10(13)7-8(11)9-5-3-4-6-12-9/h3-6,8H,2,7,11H2,1H3/t8-/m1/s1. The van der Waals surface area contributed by atoms with Crippen molar-refractivity contribution in [2.45, 2.75) is 19.4 Å². The van der Waals surface area contributed by atoms with Gasteiger partial charge in [-0.15, -0.1) is 0 Å². The normalized spacial score (nSPS) is 12.1. The van der Waals surface area contributed by atoms with Gasteiger partial charge < -0.3 is 10.5 Å². The number of hydrogen-bond donors (Lipinski definition) is 1. The van der Waals surface area contributed by atoms with Gasteiger partial charge in [0.25, 0.3) is 0 Å². The van der Waals surface area contributed by atoms with Gasteiger partial charge in [-0.05, 0) is 19.1 Å². The summed E-state index contributed by atoms with van der Waals surface area (Å²) in [6.45, 7) is 2.15. The van der Waals surface area contributed by atoms with Crippen molar-refractivity contribution >= 4 is 5.97 Å². The third-order valence-electron chi connectivity index (χ3n) is 1.76. The van der Waals surface area contributed by atoms with Crippen molar-refractivity contribution in [1.82, 2.24) is 4.98 Å². The van der Waals surface area contributed by atoms with Crippen molar-refractivity contribution < 1.29 is 9.53 Å². The first-order valence-corrected chi connectivity index (χ1v) is 4.56. The number of hydrogen-bond acceptors (Lipinski definition) is 4. The lowest BCUT2D eigenvalue weighted by Crippen LogP contribution is -2.18. The van der Waals surface area contributed by atoms with E-state index in [0.29, 0.717) is 12.3 Å². The molecule has 0 spiro atoms. The molecular weight excluding hydrogens is 180 g/mol. The highest BCUT2D eigenvalue weighted by atomic mass is 16.5. The van der Waals surface area contributed by atoms with E-state index in [1.807, 2.05) is 6.07 Å². The van der Waals surface area contributed by atoms with E-state index in [9.17, 15) is 4.79 Å². The van der Waals surface area contributed by atoms with Gasteiger partial charge in [0.15, 0.2) is 0 Å². The van der Waals surface area contributed by atoms with Crippen molar-refractivity contribution in [2.24, 2.45) is 5.73 Å². The van der Waals surface area contributed by atoms with Crippen LogP contribution in [0.5, 0.6) is 0 Å². The molecular formula is C10H14N2O2. The number of esters is 1. The Morgan fingerprint density at radius 3 is 3.00 bits per heavy atom. The molecule has 1 heterocycles. The molecule has 0 fully saturated rings. The average Bonchev–Trinajstić information content (AvgIpc) is 2.19. The number of rotatable bonds is 4. The fourth-order valence-electron chi connectivity index (χ4n) is 1.10. The fourth-order valence-corrected chi connectivity index (χ4v) is 1.10. The summed E-state index contributed by atoms with van der Waals surface area (Å²) >= 11 is 0. The molecule has 76 valence electrons. The summed E-state index contributed by atoms with van der Waals surface area (Å²) in [6.07, 6.45) is 1.82. The van der Waals surface area contributed by atoms with Crippen LogP contribution in [0.25, 0.3) is 0 Å². The first-order valence-electron chi connectivity index (χ1n) is 4.56. The van der Waals surface area contributed by atoms with Gasteiger partial charge in [-0.25, -0.2) is 0 Å². The molecule has 0 saturated heterocycles. The van der Waals surface area contributed by atoms with Crippen LogP contribution in [0.15, 0.2) is 24.4 Å². The monoisotopic (exact) mass is 194 g/mol. The average molecular weight is 194 g/mol. The lowest BCUT2D eigenvalue weighted by Gasteiger charge is -2.09. The van der Waals surface area contributed by atoms with E-state index in [1.165, 1.54) is 0 Å². The van der Waals surface area contributed by atoms with Crippen LogP contribution in [0.1, 0.15) is 25.1 Å². The predicted octanol–water partition coefficient (Wildman–Crippen LogP) is 1.03. The smallest absolute Gasteiger partial charge is 0.307 e. The van der Waals surface area contributed by atoms with Crippen molar-refractivity contribution in [3.05, 3.63) is 30.1 Å². The number of carbonyl (C=O) groups is 1. The number of aromatic nitrogens is 1. The van der Waals surface area contributed by atoms with Gasteiger partial charge in [-0.2, -0.15) is 0 Å². The van der Waals surface area contributed by atoms with Gasteiger partial charge >= 0.3 is 5.97 Å². The fraction of sp³-hybridized carbons (Fsp3) is 0.400. The second kappa shape index (κ2) is 5.34. The van der Waals surface area contributed by atoms with Crippen LogP contribution in [-0.4, -0.2) is 17.6 Å². The van der Waals surface area contributed by atoms with Crippen molar-refractivity contribution in [3.8, 4) is 0 Å². The molecule has 0 radical (unpaired) electrons. The van der Waals surface area contributed by atoms with E-state index in [4.69, 9.17) is 10.5 Å². The number of carbonyl (C=O) groups excluding carboxylic acids is 1. The van der Waals surface area contributed by atoms with E-state index in [2.05, 4.69) is 4.98 Å². The van der Waals surface area contributed by atoms with Gasteiger partial charge in [0.1, 0.15) is 0 Å². The predicted molar refractivity (Wildman–Crippen MR) is 52.4 cm³/mol. The molecule has 0 aromatic carbocycles. The zero-order valence-corrected chi connectivity index (χ0v) is 8.14. The molecule has 0 amide bonds. The molecule has 1 rings (SSSR count). The maximum atomic E-state index is 11.1. The summed E-state index contributed by atoms with van der Waals surface area (Å²) in [4.78, 5) is 15.2. The van der Waals surface area contributed by atoms with Gasteiger partial charge in [0.2, 0.25) is 0 Å². The molecule has 1 aromatic rings. The summed E-state index contributed by atoms with van der Waals surface area (Å²) < 4.78 is 4.79. The third kappa shape index (κ3) is 3.14. The van der Waals surface area contributed by atoms with Gasteiger partial charge in [-0.3, -0.25) is 9.78 Å². The Bertz CT molecular complexity index is 287. The summed E-state index contributed by atoms with van der Waals surface area (Å²) in [7, 11) is 0. The summed E-state index contributed by atoms with van der Waals surface area (Å²) in [6, 6.07) is 5.06. The molecule has 14 heavy (non-hydrogen) atoms. The van der Waals surface area contributed by atoms with Crippen LogP contribution in [0.4, 0.5) is 0 Å². The minimum absolute atomic E-state index is 0.171. The zero-order valence-electron chi connectivity index (χ0n) is 8.14. The number of nitrogens with two attached hydrogens (primary N) is 1. The molecule has 1 aromatic heterocycles. The number of ether oxygens (including phenoxy) is 1. The minimum Gasteiger partial charge on any atom is -0.466 e. The minimum atomic E-state index is -0.379. The topological polar surface area (TPSA) is 65.2 Å². The van der Waals surface area contributed by atoms with Crippen LogP contribution >= 0.6 is 0 Å². The van der Waals surface area contributed by atoms with Gasteiger partial charge in [0, 0.05) is 6.20 Å². The van der Waals surface area contributed by atoms with Crippen LogP contribution < -0.4 is 5.73 Å². The second-order valence-corrected chi connectivity index (χ2v) is 2.87. The Morgan fingerprint density at radius 2 is 2.43 bits per heavy atom. The SMILES string of the molecule is CCOC(=O)C[C@@H](N)c1ccccn1. The molecule has 0 saturated carbocycles. The van der Waals surface area contributed by atoms with E-state index in [-0.39, 0.29) is 18.4 Å². The van der Waals surface area contributed by atoms with E-state index < -0.39 is 0 Å². The lowest BCUT2D eigenvalue weighted by molar-refractivity contribution is -0.143. The van der Waals surface area contributed by atoms with Crippen LogP contribution in [0.2, 0.25) is 0 Å². The van der Waals surface area contributed by atoms with Crippen molar-refractivity contribution in [2.75, 3.05) is 6.61 Å². The molecule has 0 aliphatic rings. The summed E-state index contributed by atoms with van der Waals surface area (Å²) in [5.41, 5.74) is 6.47. The van der Waals surface area contributed by atoms with Crippen molar-refractivity contribution in [3.63, 3.8) is 0 Å². The highest BCUT2D eigenvalue weighted by molar-refractivity contribution is 5.70. The highest BCUT2D eigenvalue weighted by Gasteiger charge is 2.12. The van der Waals surface area contributed by atoms with Crippen LogP contribution in [0, 0.1) is 0 Å². The summed E-state index contributed by atoms with van der Waals surface area (Å²) in [5, 5.41) is 0. The Hall–Kier alpha value is -1.42. The molecule has 0 bridgehead atoms. The highest BCUT2D eigenvalue weighted by Crippen LogP contribution is 2.10. The maximum absolute atomic E-state index is 11.1.